The minimum Gasteiger partial charge on any atom is -0.464 e. The lowest BCUT2D eigenvalue weighted by molar-refractivity contribution is 0.0628. The average molecular weight is 364 g/mol. The summed E-state index contributed by atoms with van der Waals surface area (Å²) in [7, 11) is 0. The Labute approximate surface area is 157 Å². The fourth-order valence-electron chi connectivity index (χ4n) is 3.43. The predicted molar refractivity (Wildman–Crippen MR) is 102 cm³/mol. The quantitative estimate of drug-likeness (QED) is 0.701. The number of piperazine rings is 1. The highest BCUT2D eigenvalue weighted by molar-refractivity contribution is 5.95. The molecule has 1 saturated heterocycles. The van der Waals surface area contributed by atoms with Gasteiger partial charge in [0.25, 0.3) is 5.91 Å². The second-order valence-corrected chi connectivity index (χ2v) is 6.76. The molecular weight excluding hydrogens is 343 g/mol. The van der Waals surface area contributed by atoms with E-state index in [1.165, 1.54) is 6.07 Å². The van der Waals surface area contributed by atoms with Crippen LogP contribution in [0.3, 0.4) is 0 Å². The molecule has 1 fully saturated rings. The number of amides is 1. The molecule has 0 bridgehead atoms. The fraction of sp³-hybridized carbons (Fsp3) is 0.227. The molecule has 5 heteroatoms. The largest absolute Gasteiger partial charge is 0.464 e. The molecule has 0 atom stereocenters. The molecule has 4 nitrogen and oxygen atoms in total. The van der Waals surface area contributed by atoms with Gasteiger partial charge in [0, 0.05) is 43.9 Å². The van der Waals surface area contributed by atoms with E-state index >= 15 is 0 Å². The molecule has 0 radical (unpaired) electrons. The van der Waals surface area contributed by atoms with Crippen LogP contribution in [0.4, 0.5) is 4.39 Å². The van der Waals surface area contributed by atoms with Crippen LogP contribution in [-0.2, 0) is 6.54 Å². The highest BCUT2D eigenvalue weighted by atomic mass is 19.1. The van der Waals surface area contributed by atoms with Crippen molar-refractivity contribution < 1.29 is 13.6 Å². The average Bonchev–Trinajstić information content (AvgIpc) is 3.23. The van der Waals surface area contributed by atoms with Gasteiger partial charge in [0.05, 0.1) is 6.26 Å². The number of benzene rings is 2. The standard InChI is InChI=1S/C22H21FN2O2/c23-20-7-1-4-17(14-20)16-24-9-11-25(12-10-24)22(26)19-6-2-5-18(15-19)21-8-3-13-27-21/h1-8,13-15H,9-12,16H2. The smallest absolute Gasteiger partial charge is 0.253 e. The van der Waals surface area contributed by atoms with E-state index in [4.69, 9.17) is 4.42 Å². The Kier molecular flexibility index (Phi) is 5.03. The van der Waals surface area contributed by atoms with E-state index in [0.717, 1.165) is 30.0 Å². The Balaban J connectivity index is 1.38. The summed E-state index contributed by atoms with van der Waals surface area (Å²) in [5.74, 6) is 0.580. The lowest BCUT2D eigenvalue weighted by Gasteiger charge is -2.34. The van der Waals surface area contributed by atoms with E-state index in [2.05, 4.69) is 4.90 Å². The zero-order chi connectivity index (χ0) is 18.6. The maximum Gasteiger partial charge on any atom is 0.253 e. The van der Waals surface area contributed by atoms with Crippen molar-refractivity contribution in [2.24, 2.45) is 0 Å². The van der Waals surface area contributed by atoms with Crippen LogP contribution in [0.25, 0.3) is 11.3 Å². The second kappa shape index (κ2) is 7.76. The Morgan fingerprint density at radius 1 is 0.963 bits per heavy atom. The maximum atomic E-state index is 13.3. The van der Waals surface area contributed by atoms with Gasteiger partial charge in [-0.1, -0.05) is 24.3 Å². The lowest BCUT2D eigenvalue weighted by atomic mass is 10.1. The molecule has 1 amide bonds. The first-order valence-corrected chi connectivity index (χ1v) is 9.09. The Morgan fingerprint density at radius 2 is 1.78 bits per heavy atom. The Morgan fingerprint density at radius 3 is 2.52 bits per heavy atom. The van der Waals surface area contributed by atoms with Gasteiger partial charge in [-0.3, -0.25) is 9.69 Å². The molecule has 0 N–H and O–H groups in total. The van der Waals surface area contributed by atoms with Crippen molar-refractivity contribution >= 4 is 5.91 Å². The van der Waals surface area contributed by atoms with Crippen molar-refractivity contribution in [2.75, 3.05) is 26.2 Å². The van der Waals surface area contributed by atoms with Crippen LogP contribution >= 0.6 is 0 Å². The first kappa shape index (κ1) is 17.5. The molecule has 3 aromatic rings. The number of nitrogens with zero attached hydrogens (tertiary/aromatic N) is 2. The van der Waals surface area contributed by atoms with E-state index < -0.39 is 0 Å². The number of halogens is 1. The van der Waals surface area contributed by atoms with Crippen molar-refractivity contribution in [3.05, 3.63) is 83.9 Å². The van der Waals surface area contributed by atoms with Crippen molar-refractivity contribution in [1.82, 2.24) is 9.80 Å². The number of carbonyl (C=O) groups excluding carboxylic acids is 1. The van der Waals surface area contributed by atoms with Gasteiger partial charge in [-0.05, 0) is 42.0 Å². The zero-order valence-corrected chi connectivity index (χ0v) is 15.0. The SMILES string of the molecule is O=C(c1cccc(-c2ccco2)c1)N1CCN(Cc2cccc(F)c2)CC1. The molecule has 1 aliphatic rings. The summed E-state index contributed by atoms with van der Waals surface area (Å²) >= 11 is 0. The van der Waals surface area contributed by atoms with Gasteiger partial charge in [0.2, 0.25) is 0 Å². The maximum absolute atomic E-state index is 13.3. The van der Waals surface area contributed by atoms with Crippen LogP contribution in [0, 0.1) is 5.82 Å². The monoisotopic (exact) mass is 364 g/mol. The third-order valence-corrected chi connectivity index (χ3v) is 4.87. The van der Waals surface area contributed by atoms with Gasteiger partial charge in [-0.15, -0.1) is 0 Å². The molecule has 1 aromatic heterocycles. The van der Waals surface area contributed by atoms with Crippen molar-refractivity contribution in [1.29, 1.82) is 0 Å². The minimum atomic E-state index is -0.210. The summed E-state index contributed by atoms with van der Waals surface area (Å²) in [5, 5.41) is 0. The Hall–Kier alpha value is -2.92. The van der Waals surface area contributed by atoms with Gasteiger partial charge in [0.1, 0.15) is 11.6 Å². The molecule has 27 heavy (non-hydrogen) atoms. The van der Waals surface area contributed by atoms with E-state index in [0.29, 0.717) is 25.2 Å². The summed E-state index contributed by atoms with van der Waals surface area (Å²) in [4.78, 5) is 17.0. The summed E-state index contributed by atoms with van der Waals surface area (Å²) in [5.41, 5.74) is 2.53. The van der Waals surface area contributed by atoms with Gasteiger partial charge in [0.15, 0.2) is 0 Å². The molecule has 138 valence electrons. The van der Waals surface area contributed by atoms with Crippen LogP contribution in [-0.4, -0.2) is 41.9 Å². The number of carbonyl (C=O) groups is 1. The van der Waals surface area contributed by atoms with Gasteiger partial charge in [-0.2, -0.15) is 0 Å². The van der Waals surface area contributed by atoms with Crippen molar-refractivity contribution in [2.45, 2.75) is 6.54 Å². The number of furan rings is 1. The highest BCUT2D eigenvalue weighted by Crippen LogP contribution is 2.22. The molecule has 2 heterocycles. The molecular formula is C22H21FN2O2. The van der Waals surface area contributed by atoms with Gasteiger partial charge < -0.3 is 9.32 Å². The highest BCUT2D eigenvalue weighted by Gasteiger charge is 2.22. The van der Waals surface area contributed by atoms with Crippen molar-refractivity contribution in [3.8, 4) is 11.3 Å². The van der Waals surface area contributed by atoms with Gasteiger partial charge in [-0.25, -0.2) is 4.39 Å². The first-order chi connectivity index (χ1) is 13.2. The first-order valence-electron chi connectivity index (χ1n) is 9.09. The predicted octanol–water partition coefficient (Wildman–Crippen LogP) is 4.04. The van der Waals surface area contributed by atoms with Crippen LogP contribution in [0.5, 0.6) is 0 Å². The molecule has 0 aliphatic carbocycles. The lowest BCUT2D eigenvalue weighted by Crippen LogP contribution is -2.48. The van der Waals surface area contributed by atoms with Crippen LogP contribution in [0.15, 0.2) is 71.3 Å². The number of hydrogen-bond acceptors (Lipinski definition) is 3. The third-order valence-electron chi connectivity index (χ3n) is 4.87. The fourth-order valence-corrected chi connectivity index (χ4v) is 3.43. The molecule has 2 aromatic carbocycles. The van der Waals surface area contributed by atoms with Gasteiger partial charge >= 0.3 is 0 Å². The Bertz CT molecular complexity index is 916. The summed E-state index contributed by atoms with van der Waals surface area (Å²) in [6.45, 7) is 3.59. The summed E-state index contributed by atoms with van der Waals surface area (Å²) in [6, 6.07) is 17.9. The normalized spacial score (nSPS) is 15.1. The molecule has 4 rings (SSSR count). The summed E-state index contributed by atoms with van der Waals surface area (Å²) in [6.07, 6.45) is 1.63. The minimum absolute atomic E-state index is 0.0359. The molecule has 0 spiro atoms. The van der Waals surface area contributed by atoms with Crippen LogP contribution in [0.1, 0.15) is 15.9 Å². The topological polar surface area (TPSA) is 36.7 Å². The van der Waals surface area contributed by atoms with E-state index in [1.54, 1.807) is 18.4 Å². The zero-order valence-electron chi connectivity index (χ0n) is 15.0. The third kappa shape index (κ3) is 4.09. The molecule has 0 saturated carbocycles. The number of hydrogen-bond donors (Lipinski definition) is 0. The van der Waals surface area contributed by atoms with Crippen molar-refractivity contribution in [3.63, 3.8) is 0 Å². The summed E-state index contributed by atoms with van der Waals surface area (Å²) < 4.78 is 18.8. The van der Waals surface area contributed by atoms with E-state index in [1.807, 2.05) is 47.4 Å². The number of rotatable bonds is 4. The molecule has 0 unspecified atom stereocenters. The van der Waals surface area contributed by atoms with Crippen LogP contribution in [0.2, 0.25) is 0 Å². The van der Waals surface area contributed by atoms with E-state index in [-0.39, 0.29) is 11.7 Å². The van der Waals surface area contributed by atoms with Crippen LogP contribution < -0.4 is 0 Å². The second-order valence-electron chi connectivity index (χ2n) is 6.76. The van der Waals surface area contributed by atoms with E-state index in [9.17, 15) is 9.18 Å². The molecule has 1 aliphatic heterocycles.